The molecule has 1 unspecified atom stereocenters. The molecule has 0 bridgehead atoms. The molecule has 3 nitrogen and oxygen atoms in total. The van der Waals surface area contributed by atoms with Gasteiger partial charge in [-0.1, -0.05) is 0 Å². The first-order valence-electron chi connectivity index (χ1n) is 5.35. The molecule has 1 fully saturated rings. The summed E-state index contributed by atoms with van der Waals surface area (Å²) >= 11 is 0. The van der Waals surface area contributed by atoms with Crippen molar-refractivity contribution in [2.24, 2.45) is 5.73 Å². The molecule has 1 amide bonds. The van der Waals surface area contributed by atoms with Crippen LogP contribution < -0.4 is 11.1 Å². The van der Waals surface area contributed by atoms with Gasteiger partial charge in [0.15, 0.2) is 0 Å². The zero-order valence-electron chi connectivity index (χ0n) is 9.23. The van der Waals surface area contributed by atoms with Gasteiger partial charge in [0, 0.05) is 18.0 Å². The van der Waals surface area contributed by atoms with E-state index >= 15 is 0 Å². The molecule has 0 heterocycles. The molecule has 1 saturated carbocycles. The lowest BCUT2D eigenvalue weighted by Crippen LogP contribution is -2.51. The molecule has 1 rings (SSSR count). The first-order chi connectivity index (χ1) is 7.20. The van der Waals surface area contributed by atoms with Crippen LogP contribution in [0.5, 0.6) is 0 Å². The van der Waals surface area contributed by atoms with Crippen LogP contribution in [-0.2, 0) is 4.79 Å². The zero-order chi connectivity index (χ0) is 12.4. The minimum atomic E-state index is -4.25. The molecule has 1 aliphatic carbocycles. The highest BCUT2D eigenvalue weighted by Gasteiger charge is 2.36. The summed E-state index contributed by atoms with van der Waals surface area (Å²) in [6.45, 7) is 1.34. The van der Waals surface area contributed by atoms with Crippen molar-refractivity contribution in [3.63, 3.8) is 0 Å². The second kappa shape index (κ2) is 4.61. The Balaban J connectivity index is 2.28. The van der Waals surface area contributed by atoms with E-state index in [0.717, 1.165) is 19.3 Å². The number of hydrogen-bond donors (Lipinski definition) is 2. The second-order valence-electron chi connectivity index (χ2n) is 4.68. The fourth-order valence-corrected chi connectivity index (χ4v) is 1.85. The predicted molar refractivity (Wildman–Crippen MR) is 53.7 cm³/mol. The van der Waals surface area contributed by atoms with Crippen molar-refractivity contribution < 1.29 is 18.0 Å². The third-order valence-electron chi connectivity index (χ3n) is 2.81. The standard InChI is InChI=1S/C10H17F3N2O/c1-7(5-10(11,12)13)15-8(16)6-9(14)3-2-4-9/h7H,2-6,14H2,1H3,(H,15,16). The molecule has 0 aromatic heterocycles. The number of carbonyl (C=O) groups is 1. The van der Waals surface area contributed by atoms with Gasteiger partial charge in [-0.2, -0.15) is 13.2 Å². The Morgan fingerprint density at radius 3 is 2.44 bits per heavy atom. The van der Waals surface area contributed by atoms with Crippen molar-refractivity contribution in [2.45, 2.75) is 56.8 Å². The molecule has 1 atom stereocenters. The van der Waals surface area contributed by atoms with E-state index in [0.29, 0.717) is 0 Å². The second-order valence-corrected chi connectivity index (χ2v) is 4.68. The SMILES string of the molecule is CC(CC(F)(F)F)NC(=O)CC1(N)CCC1. The quantitative estimate of drug-likeness (QED) is 0.783. The molecule has 0 saturated heterocycles. The van der Waals surface area contributed by atoms with Crippen LogP contribution >= 0.6 is 0 Å². The highest BCUT2D eigenvalue weighted by molar-refractivity contribution is 5.77. The van der Waals surface area contributed by atoms with E-state index in [4.69, 9.17) is 5.73 Å². The lowest BCUT2D eigenvalue weighted by Gasteiger charge is -2.37. The van der Waals surface area contributed by atoms with Crippen molar-refractivity contribution in [3.05, 3.63) is 0 Å². The van der Waals surface area contributed by atoms with Crippen LogP contribution in [-0.4, -0.2) is 23.7 Å². The van der Waals surface area contributed by atoms with Crippen molar-refractivity contribution in [1.29, 1.82) is 0 Å². The smallest absolute Gasteiger partial charge is 0.353 e. The number of nitrogens with one attached hydrogen (secondary N) is 1. The number of rotatable bonds is 4. The molecular weight excluding hydrogens is 221 g/mol. The van der Waals surface area contributed by atoms with Crippen molar-refractivity contribution in [3.8, 4) is 0 Å². The van der Waals surface area contributed by atoms with Crippen LogP contribution in [0.3, 0.4) is 0 Å². The molecule has 3 N–H and O–H groups in total. The van der Waals surface area contributed by atoms with Gasteiger partial charge in [-0.05, 0) is 26.2 Å². The molecular formula is C10H17F3N2O. The van der Waals surface area contributed by atoms with Gasteiger partial charge in [0.1, 0.15) is 0 Å². The van der Waals surface area contributed by atoms with Gasteiger partial charge in [0.2, 0.25) is 5.91 Å². The molecule has 1 aliphatic rings. The summed E-state index contributed by atoms with van der Waals surface area (Å²) in [6.07, 6.45) is -2.60. The maximum atomic E-state index is 12.0. The normalized spacial score (nSPS) is 21.1. The Kier molecular flexibility index (Phi) is 3.83. The molecule has 94 valence electrons. The van der Waals surface area contributed by atoms with Crippen molar-refractivity contribution in [2.75, 3.05) is 0 Å². The van der Waals surface area contributed by atoms with E-state index < -0.39 is 24.2 Å². The predicted octanol–water partition coefficient (Wildman–Crippen LogP) is 1.72. The van der Waals surface area contributed by atoms with E-state index in [1.807, 2.05) is 0 Å². The first-order valence-corrected chi connectivity index (χ1v) is 5.35. The Hall–Kier alpha value is -0.780. The molecule has 6 heteroatoms. The minimum absolute atomic E-state index is 0.120. The Labute approximate surface area is 92.6 Å². The third kappa shape index (κ3) is 4.38. The molecule has 0 aliphatic heterocycles. The number of nitrogens with two attached hydrogens (primary N) is 1. The van der Waals surface area contributed by atoms with Crippen molar-refractivity contribution in [1.82, 2.24) is 5.32 Å². The topological polar surface area (TPSA) is 55.1 Å². The maximum absolute atomic E-state index is 12.0. The van der Waals surface area contributed by atoms with Crippen LogP contribution in [0.4, 0.5) is 13.2 Å². The number of halogens is 3. The fourth-order valence-electron chi connectivity index (χ4n) is 1.85. The highest BCUT2D eigenvalue weighted by Crippen LogP contribution is 2.32. The fraction of sp³-hybridized carbons (Fsp3) is 0.900. The van der Waals surface area contributed by atoms with Crippen LogP contribution in [0.15, 0.2) is 0 Å². The lowest BCUT2D eigenvalue weighted by atomic mass is 9.75. The van der Waals surface area contributed by atoms with Gasteiger partial charge in [0.05, 0.1) is 6.42 Å². The monoisotopic (exact) mass is 238 g/mol. The average Bonchev–Trinajstić information content (AvgIpc) is 1.96. The van der Waals surface area contributed by atoms with Crippen LogP contribution in [0.2, 0.25) is 0 Å². The highest BCUT2D eigenvalue weighted by atomic mass is 19.4. The molecule has 0 spiro atoms. The summed E-state index contributed by atoms with van der Waals surface area (Å²) in [6, 6.07) is -0.892. The van der Waals surface area contributed by atoms with Gasteiger partial charge in [-0.15, -0.1) is 0 Å². The van der Waals surface area contributed by atoms with Gasteiger partial charge >= 0.3 is 6.18 Å². The number of amides is 1. The van der Waals surface area contributed by atoms with Crippen LogP contribution in [0, 0.1) is 0 Å². The largest absolute Gasteiger partial charge is 0.391 e. The summed E-state index contributed by atoms with van der Waals surface area (Å²) in [5.41, 5.74) is 5.34. The first kappa shape index (κ1) is 13.3. The van der Waals surface area contributed by atoms with Crippen LogP contribution in [0.25, 0.3) is 0 Å². The summed E-state index contributed by atoms with van der Waals surface area (Å²) in [4.78, 5) is 11.4. The minimum Gasteiger partial charge on any atom is -0.353 e. The molecule has 0 aromatic rings. The van der Waals surface area contributed by atoms with E-state index in [1.165, 1.54) is 6.92 Å². The Morgan fingerprint density at radius 1 is 1.50 bits per heavy atom. The number of carbonyl (C=O) groups excluding carboxylic acids is 1. The maximum Gasteiger partial charge on any atom is 0.391 e. The summed E-state index contributed by atoms with van der Waals surface area (Å²) in [5.74, 6) is -0.390. The number of hydrogen-bond acceptors (Lipinski definition) is 2. The zero-order valence-corrected chi connectivity index (χ0v) is 9.23. The Bertz CT molecular complexity index is 261. The van der Waals surface area contributed by atoms with Gasteiger partial charge < -0.3 is 11.1 Å². The third-order valence-corrected chi connectivity index (χ3v) is 2.81. The van der Waals surface area contributed by atoms with E-state index in [2.05, 4.69) is 5.32 Å². The summed E-state index contributed by atoms with van der Waals surface area (Å²) in [5, 5.41) is 2.32. The lowest BCUT2D eigenvalue weighted by molar-refractivity contribution is -0.141. The van der Waals surface area contributed by atoms with E-state index in [1.54, 1.807) is 0 Å². The molecule has 0 aromatic carbocycles. The van der Waals surface area contributed by atoms with Crippen molar-refractivity contribution >= 4 is 5.91 Å². The van der Waals surface area contributed by atoms with Gasteiger partial charge in [-0.25, -0.2) is 0 Å². The summed E-state index contributed by atoms with van der Waals surface area (Å²) < 4.78 is 36.0. The Morgan fingerprint density at radius 2 is 2.06 bits per heavy atom. The van der Waals surface area contributed by atoms with E-state index in [-0.39, 0.29) is 12.3 Å². The van der Waals surface area contributed by atoms with Gasteiger partial charge in [0.25, 0.3) is 0 Å². The summed E-state index contributed by atoms with van der Waals surface area (Å²) in [7, 11) is 0. The van der Waals surface area contributed by atoms with Crippen LogP contribution in [0.1, 0.15) is 39.0 Å². The van der Waals surface area contributed by atoms with E-state index in [9.17, 15) is 18.0 Å². The number of alkyl halides is 3. The van der Waals surface area contributed by atoms with Gasteiger partial charge in [-0.3, -0.25) is 4.79 Å². The molecule has 0 radical (unpaired) electrons. The molecule has 16 heavy (non-hydrogen) atoms. The average molecular weight is 238 g/mol.